The van der Waals surface area contributed by atoms with Crippen molar-refractivity contribution in [1.82, 2.24) is 14.9 Å². The second-order valence-corrected chi connectivity index (χ2v) is 4.73. The predicted octanol–water partition coefficient (Wildman–Crippen LogP) is 3.37. The van der Waals surface area contributed by atoms with Crippen LogP contribution in [0, 0.1) is 13.8 Å². The van der Waals surface area contributed by atoms with Gasteiger partial charge in [0.05, 0.1) is 11.9 Å². The third-order valence-corrected chi connectivity index (χ3v) is 3.45. The molecule has 2 aromatic heterocycles. The van der Waals surface area contributed by atoms with Crippen LogP contribution >= 0.6 is 0 Å². The van der Waals surface area contributed by atoms with Crippen molar-refractivity contribution >= 4 is 11.0 Å². The van der Waals surface area contributed by atoms with E-state index in [4.69, 9.17) is 0 Å². The molecule has 0 fully saturated rings. The summed E-state index contributed by atoms with van der Waals surface area (Å²) in [6.07, 6.45) is 1.41. The van der Waals surface area contributed by atoms with E-state index in [1.165, 1.54) is 11.8 Å². The topological polar surface area (TPSA) is 39.9 Å². The van der Waals surface area contributed by atoms with Crippen LogP contribution < -0.4 is 4.84 Å². The zero-order valence-corrected chi connectivity index (χ0v) is 11.5. The predicted molar refractivity (Wildman–Crippen MR) is 75.0 cm³/mol. The quantitative estimate of drug-likeness (QED) is 0.742. The molecule has 0 bridgehead atoms. The normalized spacial score (nSPS) is 11.3. The molecule has 3 rings (SSSR count). The highest BCUT2D eigenvalue weighted by Crippen LogP contribution is 2.25. The van der Waals surface area contributed by atoms with E-state index in [1.807, 2.05) is 32.0 Å². The highest BCUT2D eigenvalue weighted by Gasteiger charge is 2.12. The molecule has 0 aliphatic heterocycles. The van der Waals surface area contributed by atoms with E-state index in [0.717, 1.165) is 21.7 Å². The van der Waals surface area contributed by atoms with Crippen LogP contribution in [0.25, 0.3) is 22.3 Å². The first-order valence-electron chi connectivity index (χ1n) is 6.43. The summed E-state index contributed by atoms with van der Waals surface area (Å²) >= 11 is 0. The van der Waals surface area contributed by atoms with E-state index in [1.54, 1.807) is 12.1 Å². The number of aromatic nitrogens is 3. The zero-order valence-electron chi connectivity index (χ0n) is 11.5. The number of nitrogens with zero attached hydrogens (tertiary/aromatic N) is 3. The molecule has 0 saturated carbocycles. The molecule has 21 heavy (non-hydrogen) atoms. The summed E-state index contributed by atoms with van der Waals surface area (Å²) in [7, 11) is 0. The molecular formula is C15H13F2N3O. The van der Waals surface area contributed by atoms with Gasteiger partial charge in [0.1, 0.15) is 11.0 Å². The molecule has 0 radical (unpaired) electrons. The van der Waals surface area contributed by atoms with Crippen molar-refractivity contribution in [3.05, 3.63) is 47.7 Å². The molecule has 3 aromatic rings. The SMILES string of the molecule is Cc1cccc(-c2ccc3c(cnn3OC(F)F)n2)c1C. The van der Waals surface area contributed by atoms with Crippen molar-refractivity contribution in [3.8, 4) is 11.3 Å². The zero-order chi connectivity index (χ0) is 15.0. The van der Waals surface area contributed by atoms with E-state index in [9.17, 15) is 8.78 Å². The summed E-state index contributed by atoms with van der Waals surface area (Å²) < 4.78 is 24.5. The Morgan fingerprint density at radius 2 is 1.95 bits per heavy atom. The number of fused-ring (bicyclic) bond motifs is 1. The maximum absolute atomic E-state index is 12.3. The molecule has 0 aliphatic rings. The second kappa shape index (κ2) is 5.12. The minimum absolute atomic E-state index is 0.407. The van der Waals surface area contributed by atoms with Crippen molar-refractivity contribution in [2.45, 2.75) is 20.5 Å². The smallest absolute Gasteiger partial charge is 0.326 e. The van der Waals surface area contributed by atoms with Crippen molar-refractivity contribution in [3.63, 3.8) is 0 Å². The molecule has 0 aliphatic carbocycles. The van der Waals surface area contributed by atoms with Crippen molar-refractivity contribution < 1.29 is 13.6 Å². The van der Waals surface area contributed by atoms with Crippen LogP contribution in [0.1, 0.15) is 11.1 Å². The van der Waals surface area contributed by atoms with Crippen LogP contribution in [-0.4, -0.2) is 21.5 Å². The van der Waals surface area contributed by atoms with E-state index >= 15 is 0 Å². The van der Waals surface area contributed by atoms with Gasteiger partial charge in [-0.25, -0.2) is 4.98 Å². The third kappa shape index (κ3) is 2.44. The average Bonchev–Trinajstić information content (AvgIpc) is 2.83. The van der Waals surface area contributed by atoms with Crippen molar-refractivity contribution in [2.75, 3.05) is 0 Å². The Morgan fingerprint density at radius 3 is 2.71 bits per heavy atom. The number of aryl methyl sites for hydroxylation is 1. The summed E-state index contributed by atoms with van der Waals surface area (Å²) in [5.41, 5.74) is 5.02. The molecule has 0 saturated heterocycles. The van der Waals surface area contributed by atoms with Gasteiger partial charge in [-0.15, -0.1) is 5.10 Å². The fraction of sp³-hybridized carbons (Fsp3) is 0.200. The number of benzene rings is 1. The lowest BCUT2D eigenvalue weighted by molar-refractivity contribution is -0.139. The van der Waals surface area contributed by atoms with Crippen LogP contribution in [-0.2, 0) is 0 Å². The third-order valence-electron chi connectivity index (χ3n) is 3.45. The van der Waals surface area contributed by atoms with Gasteiger partial charge in [0.15, 0.2) is 0 Å². The second-order valence-electron chi connectivity index (χ2n) is 4.73. The van der Waals surface area contributed by atoms with Crippen LogP contribution in [0.5, 0.6) is 0 Å². The molecule has 0 spiro atoms. The maximum Gasteiger partial charge on any atom is 0.407 e. The average molecular weight is 289 g/mol. The van der Waals surface area contributed by atoms with Crippen LogP contribution in [0.4, 0.5) is 8.78 Å². The monoisotopic (exact) mass is 289 g/mol. The summed E-state index contributed by atoms with van der Waals surface area (Å²) in [6, 6.07) is 9.43. The summed E-state index contributed by atoms with van der Waals surface area (Å²) in [4.78, 5) is 9.55. The van der Waals surface area contributed by atoms with E-state index in [-0.39, 0.29) is 0 Å². The Labute approximate surface area is 119 Å². The number of hydrogen-bond donors (Lipinski definition) is 0. The van der Waals surface area contributed by atoms with Gasteiger partial charge in [-0.3, -0.25) is 0 Å². The molecule has 2 heterocycles. The van der Waals surface area contributed by atoms with Crippen LogP contribution in [0.15, 0.2) is 36.5 Å². The molecule has 1 aromatic carbocycles. The van der Waals surface area contributed by atoms with Crippen LogP contribution in [0.3, 0.4) is 0 Å². The Balaban J connectivity index is 2.08. The first-order valence-corrected chi connectivity index (χ1v) is 6.43. The molecule has 0 atom stereocenters. The number of hydrogen-bond acceptors (Lipinski definition) is 3. The first-order chi connectivity index (χ1) is 10.1. The van der Waals surface area contributed by atoms with E-state index < -0.39 is 6.61 Å². The highest BCUT2D eigenvalue weighted by atomic mass is 19.3. The fourth-order valence-corrected chi connectivity index (χ4v) is 2.23. The largest absolute Gasteiger partial charge is 0.407 e. The highest BCUT2D eigenvalue weighted by molar-refractivity contribution is 5.78. The van der Waals surface area contributed by atoms with Gasteiger partial charge in [-0.05, 0) is 37.1 Å². The number of rotatable bonds is 3. The molecule has 108 valence electrons. The lowest BCUT2D eigenvalue weighted by atomic mass is 10.0. The van der Waals surface area contributed by atoms with Crippen molar-refractivity contribution in [2.24, 2.45) is 0 Å². The summed E-state index contributed by atoms with van der Waals surface area (Å²) in [5, 5.41) is 3.76. The van der Waals surface area contributed by atoms with Gasteiger partial charge >= 0.3 is 6.61 Å². The van der Waals surface area contributed by atoms with Gasteiger partial charge in [-0.1, -0.05) is 23.0 Å². The maximum atomic E-state index is 12.3. The Bertz CT molecular complexity index is 799. The minimum atomic E-state index is -2.92. The van der Waals surface area contributed by atoms with Gasteiger partial charge in [-0.2, -0.15) is 8.78 Å². The summed E-state index contributed by atoms with van der Waals surface area (Å²) in [6.45, 7) is 1.14. The van der Waals surface area contributed by atoms with E-state index in [0.29, 0.717) is 11.0 Å². The summed E-state index contributed by atoms with van der Waals surface area (Å²) in [5.74, 6) is 0. The lowest BCUT2D eigenvalue weighted by Gasteiger charge is -2.08. The van der Waals surface area contributed by atoms with Gasteiger partial charge < -0.3 is 4.84 Å². The Kier molecular flexibility index (Phi) is 3.29. The molecule has 0 N–H and O–H groups in total. The van der Waals surface area contributed by atoms with Gasteiger partial charge in [0.2, 0.25) is 0 Å². The molecule has 0 amide bonds. The van der Waals surface area contributed by atoms with Crippen LogP contribution in [0.2, 0.25) is 0 Å². The number of alkyl halides is 2. The molecule has 6 heteroatoms. The number of halogens is 2. The number of pyridine rings is 1. The van der Waals surface area contributed by atoms with Crippen molar-refractivity contribution in [1.29, 1.82) is 0 Å². The molecule has 0 unspecified atom stereocenters. The molecular weight excluding hydrogens is 276 g/mol. The lowest BCUT2D eigenvalue weighted by Crippen LogP contribution is -2.17. The minimum Gasteiger partial charge on any atom is -0.326 e. The van der Waals surface area contributed by atoms with Gasteiger partial charge in [0.25, 0.3) is 0 Å². The standard InChI is InChI=1S/C15H13F2N3O/c1-9-4-3-5-11(10(9)2)12-6-7-14-13(19-12)8-18-20(14)21-15(16)17/h3-8,15H,1-2H3. The Morgan fingerprint density at radius 1 is 1.14 bits per heavy atom. The van der Waals surface area contributed by atoms with E-state index in [2.05, 4.69) is 14.9 Å². The first kappa shape index (κ1) is 13.5. The fourth-order valence-electron chi connectivity index (χ4n) is 2.23. The van der Waals surface area contributed by atoms with Gasteiger partial charge in [0, 0.05) is 5.56 Å². The Hall–Kier alpha value is -2.50. The molecule has 4 nitrogen and oxygen atoms in total.